The van der Waals surface area contributed by atoms with Crippen LogP contribution in [0, 0.1) is 5.41 Å². The first-order valence-corrected chi connectivity index (χ1v) is 6.98. The number of rotatable bonds is 4. The average molecular weight is 251 g/mol. The van der Waals surface area contributed by atoms with Gasteiger partial charge in [0.05, 0.1) is 4.88 Å². The average Bonchev–Trinajstić information content (AvgIpc) is 2.66. The van der Waals surface area contributed by atoms with Gasteiger partial charge in [0.2, 0.25) is 0 Å². The van der Waals surface area contributed by atoms with Crippen LogP contribution in [0.15, 0.2) is 0 Å². The largest absolute Gasteiger partial charge is 0.309 e. The van der Waals surface area contributed by atoms with Crippen LogP contribution in [0.1, 0.15) is 39.5 Å². The van der Waals surface area contributed by atoms with Gasteiger partial charge in [-0.2, -0.15) is 0 Å². The van der Waals surface area contributed by atoms with Crippen molar-refractivity contribution >= 4 is 17.6 Å². The second-order valence-electron chi connectivity index (χ2n) is 6.04. The molecule has 17 heavy (non-hydrogen) atoms. The Kier molecular flexibility index (Phi) is 3.41. The number of carbonyl (C=O) groups is 1. The van der Waals surface area contributed by atoms with Gasteiger partial charge >= 0.3 is 0 Å². The summed E-state index contributed by atoms with van der Waals surface area (Å²) in [6.45, 7) is 5.65. The minimum atomic E-state index is 0.384. The van der Waals surface area contributed by atoms with Gasteiger partial charge in [-0.1, -0.05) is 13.8 Å². The van der Waals surface area contributed by atoms with E-state index in [1.165, 1.54) is 16.0 Å². The predicted molar refractivity (Wildman–Crippen MR) is 73.2 cm³/mol. The van der Waals surface area contributed by atoms with Crippen molar-refractivity contribution in [1.82, 2.24) is 4.90 Å². The zero-order chi connectivity index (χ0) is 12.6. The normalized spacial score (nSPS) is 17.5. The highest BCUT2D eigenvalue weighted by Gasteiger charge is 2.33. The van der Waals surface area contributed by atoms with E-state index in [2.05, 4.69) is 32.8 Å². The molecule has 0 amide bonds. The molecule has 0 bridgehead atoms. The topological polar surface area (TPSA) is 20.3 Å². The molecule has 2 rings (SSSR count). The van der Waals surface area contributed by atoms with Crippen LogP contribution in [-0.2, 0) is 19.3 Å². The highest BCUT2D eigenvalue weighted by Crippen LogP contribution is 2.43. The highest BCUT2D eigenvalue weighted by atomic mass is 32.1. The fourth-order valence-corrected chi connectivity index (χ4v) is 4.04. The molecule has 0 saturated heterocycles. The molecular formula is C14H21NOS. The van der Waals surface area contributed by atoms with Gasteiger partial charge in [-0.25, -0.2) is 0 Å². The summed E-state index contributed by atoms with van der Waals surface area (Å²) in [5.41, 5.74) is 3.18. The van der Waals surface area contributed by atoms with Crippen LogP contribution in [0.25, 0.3) is 0 Å². The summed E-state index contributed by atoms with van der Waals surface area (Å²) in [6, 6.07) is 0. The number of fused-ring (bicyclic) bond motifs is 1. The van der Waals surface area contributed by atoms with E-state index in [-0.39, 0.29) is 0 Å². The zero-order valence-corrected chi connectivity index (χ0v) is 12.0. The summed E-state index contributed by atoms with van der Waals surface area (Å²) >= 11 is 1.72. The molecular weight excluding hydrogens is 230 g/mol. The summed E-state index contributed by atoms with van der Waals surface area (Å²) in [5.74, 6) is 0. The summed E-state index contributed by atoms with van der Waals surface area (Å²) < 4.78 is 0. The molecule has 2 nitrogen and oxygen atoms in total. The van der Waals surface area contributed by atoms with E-state index in [1.54, 1.807) is 11.3 Å². The predicted octanol–water partition coefficient (Wildman–Crippen LogP) is 2.79. The van der Waals surface area contributed by atoms with E-state index < -0.39 is 0 Å². The maximum atomic E-state index is 11.1. The lowest BCUT2D eigenvalue weighted by atomic mass is 9.89. The molecule has 1 aliphatic carbocycles. The minimum Gasteiger partial charge on any atom is -0.309 e. The van der Waals surface area contributed by atoms with Crippen LogP contribution in [0.4, 0.5) is 0 Å². The molecule has 3 heteroatoms. The van der Waals surface area contributed by atoms with E-state index in [4.69, 9.17) is 0 Å². The third-order valence-corrected chi connectivity index (χ3v) is 4.64. The van der Waals surface area contributed by atoms with Crippen molar-refractivity contribution in [3.05, 3.63) is 20.9 Å². The van der Waals surface area contributed by atoms with Gasteiger partial charge in [-0.3, -0.25) is 4.79 Å². The van der Waals surface area contributed by atoms with Crippen LogP contribution in [0.3, 0.4) is 0 Å². The van der Waals surface area contributed by atoms with Gasteiger partial charge < -0.3 is 4.90 Å². The Morgan fingerprint density at radius 1 is 1.35 bits per heavy atom. The standard InChI is InChI=1S/C14H21NOS/c1-14(2)7-11-10(5-6-15(3)4)13(9-16)17-12(11)8-14/h9H,5-8H2,1-4H3. The quantitative estimate of drug-likeness (QED) is 0.767. The van der Waals surface area contributed by atoms with E-state index >= 15 is 0 Å². The first-order chi connectivity index (χ1) is 7.93. The lowest BCUT2D eigenvalue weighted by Gasteiger charge is -2.17. The minimum absolute atomic E-state index is 0.384. The Hall–Kier alpha value is -0.670. The Balaban J connectivity index is 2.28. The molecule has 1 heterocycles. The molecule has 0 fully saturated rings. The van der Waals surface area contributed by atoms with E-state index in [1.807, 2.05) is 0 Å². The van der Waals surface area contributed by atoms with E-state index in [9.17, 15) is 4.79 Å². The molecule has 1 aliphatic rings. The van der Waals surface area contributed by atoms with Crippen molar-refractivity contribution in [2.24, 2.45) is 5.41 Å². The molecule has 94 valence electrons. The van der Waals surface area contributed by atoms with Crippen molar-refractivity contribution in [1.29, 1.82) is 0 Å². The van der Waals surface area contributed by atoms with Crippen LogP contribution in [-0.4, -0.2) is 31.8 Å². The summed E-state index contributed by atoms with van der Waals surface area (Å²) in [6.07, 6.45) is 4.31. The highest BCUT2D eigenvalue weighted by molar-refractivity contribution is 7.14. The number of thiophene rings is 1. The number of carbonyl (C=O) groups excluding carboxylic acids is 1. The second-order valence-corrected chi connectivity index (χ2v) is 7.17. The van der Waals surface area contributed by atoms with Crippen LogP contribution < -0.4 is 0 Å². The molecule has 0 saturated carbocycles. The molecule has 0 unspecified atom stereocenters. The Morgan fingerprint density at radius 2 is 2.06 bits per heavy atom. The van der Waals surface area contributed by atoms with E-state index in [0.29, 0.717) is 5.41 Å². The number of hydrogen-bond acceptors (Lipinski definition) is 3. The van der Waals surface area contributed by atoms with Crippen molar-refractivity contribution in [3.63, 3.8) is 0 Å². The Bertz CT molecular complexity index is 432. The van der Waals surface area contributed by atoms with Crippen LogP contribution in [0.5, 0.6) is 0 Å². The monoisotopic (exact) mass is 251 g/mol. The van der Waals surface area contributed by atoms with Gasteiger partial charge in [-0.05, 0) is 49.9 Å². The summed E-state index contributed by atoms with van der Waals surface area (Å²) in [5, 5.41) is 0. The number of likely N-dealkylation sites (N-methyl/N-ethyl adjacent to an activating group) is 1. The van der Waals surface area contributed by atoms with Gasteiger partial charge in [0.1, 0.15) is 0 Å². The van der Waals surface area contributed by atoms with Crippen LogP contribution >= 0.6 is 11.3 Å². The summed E-state index contributed by atoms with van der Waals surface area (Å²) in [7, 11) is 4.16. The third kappa shape index (κ3) is 2.61. The zero-order valence-electron chi connectivity index (χ0n) is 11.2. The SMILES string of the molecule is CN(C)CCc1c(C=O)sc2c1CC(C)(C)C2. The van der Waals surface area contributed by atoms with E-state index in [0.717, 1.165) is 37.0 Å². The molecule has 0 N–H and O–H groups in total. The smallest absolute Gasteiger partial charge is 0.160 e. The van der Waals surface area contributed by atoms with Gasteiger partial charge in [0.25, 0.3) is 0 Å². The van der Waals surface area contributed by atoms with Crippen LogP contribution in [0.2, 0.25) is 0 Å². The summed E-state index contributed by atoms with van der Waals surface area (Å²) in [4.78, 5) is 15.7. The van der Waals surface area contributed by atoms with Gasteiger partial charge in [-0.15, -0.1) is 11.3 Å². The molecule has 0 aromatic carbocycles. The van der Waals surface area contributed by atoms with Crippen molar-refractivity contribution in [2.45, 2.75) is 33.1 Å². The molecule has 0 atom stereocenters. The van der Waals surface area contributed by atoms with Gasteiger partial charge in [0.15, 0.2) is 6.29 Å². The molecule has 1 aromatic heterocycles. The first-order valence-electron chi connectivity index (χ1n) is 6.16. The fourth-order valence-electron chi connectivity index (χ4n) is 2.60. The second kappa shape index (κ2) is 4.54. The lowest BCUT2D eigenvalue weighted by Crippen LogP contribution is -2.16. The van der Waals surface area contributed by atoms with Gasteiger partial charge in [0, 0.05) is 11.4 Å². The molecule has 0 radical (unpaired) electrons. The maximum absolute atomic E-state index is 11.1. The number of aldehydes is 1. The number of nitrogens with zero attached hydrogens (tertiary/aromatic N) is 1. The number of hydrogen-bond donors (Lipinski definition) is 0. The molecule has 0 spiro atoms. The van der Waals surface area contributed by atoms with Crippen molar-refractivity contribution < 1.29 is 4.79 Å². The van der Waals surface area contributed by atoms with Crippen molar-refractivity contribution in [2.75, 3.05) is 20.6 Å². The third-order valence-electron chi connectivity index (χ3n) is 3.44. The Morgan fingerprint density at radius 3 is 2.65 bits per heavy atom. The maximum Gasteiger partial charge on any atom is 0.160 e. The Labute approximate surface area is 108 Å². The first kappa shape index (κ1) is 12.8. The lowest BCUT2D eigenvalue weighted by molar-refractivity contribution is 0.112. The van der Waals surface area contributed by atoms with Crippen molar-refractivity contribution in [3.8, 4) is 0 Å². The molecule has 1 aromatic rings. The fraction of sp³-hybridized carbons (Fsp3) is 0.643. The molecule has 0 aliphatic heterocycles.